The second-order valence-electron chi connectivity index (χ2n) is 8.69. The summed E-state index contributed by atoms with van der Waals surface area (Å²) in [6, 6.07) is 7.91. The number of nitrogens with zero attached hydrogens (tertiary/aromatic N) is 1. The molecule has 0 aliphatic carbocycles. The minimum Gasteiger partial charge on any atom is -0.507 e. The normalized spacial score (nSPS) is 20.2. The standard InChI is InChI=1S/C24H20F3NO2S/c1-23(2)12-30-24(3,13-6-7-31-11-13)21-20-18(8-14(25)9-19(20)29)28(22(21)23)15-4-5-16(26)17(27)10-15/h4-11,29H,12H2,1-3H3. The lowest BCUT2D eigenvalue weighted by Gasteiger charge is -2.42. The Morgan fingerprint density at radius 3 is 2.48 bits per heavy atom. The minimum absolute atomic E-state index is 0.227. The summed E-state index contributed by atoms with van der Waals surface area (Å²) in [6.45, 7) is 6.21. The summed E-state index contributed by atoms with van der Waals surface area (Å²) in [7, 11) is 0. The molecule has 160 valence electrons. The number of benzene rings is 2. The lowest BCUT2D eigenvalue weighted by Crippen LogP contribution is -2.42. The molecule has 7 heteroatoms. The number of aromatic nitrogens is 1. The zero-order valence-corrected chi connectivity index (χ0v) is 18.0. The molecule has 0 saturated carbocycles. The van der Waals surface area contributed by atoms with Crippen LogP contribution in [0.25, 0.3) is 16.6 Å². The van der Waals surface area contributed by atoms with Crippen LogP contribution in [-0.2, 0) is 15.8 Å². The first-order valence-electron chi connectivity index (χ1n) is 9.83. The molecule has 2 aromatic heterocycles. The van der Waals surface area contributed by atoms with Crippen LogP contribution < -0.4 is 0 Å². The topological polar surface area (TPSA) is 34.4 Å². The average molecular weight is 443 g/mol. The van der Waals surface area contributed by atoms with E-state index in [4.69, 9.17) is 4.74 Å². The lowest BCUT2D eigenvalue weighted by atomic mass is 9.76. The second kappa shape index (κ2) is 6.61. The van der Waals surface area contributed by atoms with E-state index in [1.54, 1.807) is 4.57 Å². The molecular formula is C24H20F3NO2S. The average Bonchev–Trinajstić information content (AvgIpc) is 3.35. The number of fused-ring (bicyclic) bond motifs is 3. The Bertz CT molecular complexity index is 1330. The molecule has 1 atom stereocenters. The maximum Gasteiger partial charge on any atom is 0.160 e. The van der Waals surface area contributed by atoms with Gasteiger partial charge in [-0.3, -0.25) is 0 Å². The number of rotatable bonds is 2. The Morgan fingerprint density at radius 2 is 1.81 bits per heavy atom. The van der Waals surface area contributed by atoms with Crippen molar-refractivity contribution in [2.75, 3.05) is 6.61 Å². The Balaban J connectivity index is 1.99. The third kappa shape index (κ3) is 2.83. The third-order valence-corrected chi connectivity index (χ3v) is 6.77. The second-order valence-corrected chi connectivity index (χ2v) is 9.47. The van der Waals surface area contributed by atoms with Crippen LogP contribution in [0.5, 0.6) is 5.75 Å². The summed E-state index contributed by atoms with van der Waals surface area (Å²) in [6.07, 6.45) is 0. The summed E-state index contributed by atoms with van der Waals surface area (Å²) in [4.78, 5) is 0. The van der Waals surface area contributed by atoms with Gasteiger partial charge in [-0.25, -0.2) is 13.2 Å². The fourth-order valence-electron chi connectivity index (χ4n) is 4.59. The van der Waals surface area contributed by atoms with Crippen molar-refractivity contribution >= 4 is 22.2 Å². The number of aromatic hydroxyl groups is 1. The number of thiophene rings is 1. The zero-order valence-electron chi connectivity index (χ0n) is 17.2. The molecule has 4 aromatic rings. The summed E-state index contributed by atoms with van der Waals surface area (Å²) in [5.41, 5.74) is 1.60. The van der Waals surface area contributed by atoms with Crippen LogP contribution in [-0.4, -0.2) is 16.3 Å². The number of phenolic OH excluding ortho intramolecular Hbond substituents is 1. The van der Waals surface area contributed by atoms with Crippen LogP contribution in [0.3, 0.4) is 0 Å². The van der Waals surface area contributed by atoms with Gasteiger partial charge in [0.05, 0.1) is 12.1 Å². The van der Waals surface area contributed by atoms with E-state index in [1.807, 2.05) is 37.6 Å². The van der Waals surface area contributed by atoms with E-state index in [0.717, 1.165) is 29.5 Å². The van der Waals surface area contributed by atoms with Crippen molar-refractivity contribution in [3.8, 4) is 11.4 Å². The first kappa shape index (κ1) is 20.2. The van der Waals surface area contributed by atoms with Gasteiger partial charge in [0, 0.05) is 39.9 Å². The molecule has 2 aromatic carbocycles. The monoisotopic (exact) mass is 443 g/mol. The highest BCUT2D eigenvalue weighted by Gasteiger charge is 2.47. The fraction of sp³-hybridized carbons (Fsp3) is 0.250. The van der Waals surface area contributed by atoms with E-state index in [9.17, 15) is 18.3 Å². The summed E-state index contributed by atoms with van der Waals surface area (Å²) in [5.74, 6) is -2.82. The summed E-state index contributed by atoms with van der Waals surface area (Å²) < 4.78 is 50.4. The van der Waals surface area contributed by atoms with E-state index in [2.05, 4.69) is 0 Å². The molecule has 0 amide bonds. The van der Waals surface area contributed by atoms with Crippen LogP contribution in [0.2, 0.25) is 0 Å². The number of hydrogen-bond donors (Lipinski definition) is 1. The Morgan fingerprint density at radius 1 is 1.03 bits per heavy atom. The molecule has 3 nitrogen and oxygen atoms in total. The molecule has 5 rings (SSSR count). The van der Waals surface area contributed by atoms with Crippen molar-refractivity contribution < 1.29 is 23.0 Å². The Kier molecular flexibility index (Phi) is 4.30. The van der Waals surface area contributed by atoms with Gasteiger partial charge in [0.25, 0.3) is 0 Å². The lowest BCUT2D eigenvalue weighted by molar-refractivity contribution is -0.0434. The number of phenols is 1. The van der Waals surface area contributed by atoms with E-state index in [0.29, 0.717) is 28.8 Å². The van der Waals surface area contributed by atoms with Gasteiger partial charge in [-0.1, -0.05) is 13.8 Å². The Hall–Kier alpha value is -2.77. The highest BCUT2D eigenvalue weighted by atomic mass is 32.1. The largest absolute Gasteiger partial charge is 0.507 e. The van der Waals surface area contributed by atoms with Crippen LogP contribution in [0.4, 0.5) is 13.2 Å². The number of halogens is 3. The molecule has 1 aliphatic heterocycles. The van der Waals surface area contributed by atoms with Gasteiger partial charge < -0.3 is 14.4 Å². The molecule has 31 heavy (non-hydrogen) atoms. The van der Waals surface area contributed by atoms with Gasteiger partial charge in [-0.2, -0.15) is 11.3 Å². The maximum absolute atomic E-state index is 14.4. The van der Waals surface area contributed by atoms with Crippen LogP contribution in [0.15, 0.2) is 47.2 Å². The molecule has 0 radical (unpaired) electrons. The van der Waals surface area contributed by atoms with Gasteiger partial charge >= 0.3 is 0 Å². The SMILES string of the molecule is CC1(C)COC(C)(c2ccsc2)c2c1n(-c1ccc(F)c(F)c1)c1cc(F)cc(O)c21. The number of ether oxygens (including phenoxy) is 1. The smallest absolute Gasteiger partial charge is 0.160 e. The molecule has 0 fully saturated rings. The predicted molar refractivity (Wildman–Crippen MR) is 115 cm³/mol. The summed E-state index contributed by atoms with van der Waals surface area (Å²) >= 11 is 1.52. The van der Waals surface area contributed by atoms with Gasteiger partial charge in [0.2, 0.25) is 0 Å². The van der Waals surface area contributed by atoms with Crippen molar-refractivity contribution in [2.24, 2.45) is 0 Å². The highest BCUT2D eigenvalue weighted by Crippen LogP contribution is 2.52. The van der Waals surface area contributed by atoms with Crippen LogP contribution >= 0.6 is 11.3 Å². The molecule has 1 aliphatic rings. The van der Waals surface area contributed by atoms with Gasteiger partial charge in [-0.05, 0) is 47.5 Å². The van der Waals surface area contributed by atoms with Crippen molar-refractivity contribution in [2.45, 2.75) is 31.8 Å². The molecule has 1 unspecified atom stereocenters. The first-order chi connectivity index (χ1) is 14.6. The van der Waals surface area contributed by atoms with E-state index < -0.39 is 28.5 Å². The maximum atomic E-state index is 14.4. The van der Waals surface area contributed by atoms with Crippen molar-refractivity contribution in [1.29, 1.82) is 0 Å². The van der Waals surface area contributed by atoms with Gasteiger partial charge in [0.15, 0.2) is 11.6 Å². The minimum atomic E-state index is -1.00. The zero-order chi connectivity index (χ0) is 22.1. The molecule has 0 spiro atoms. The fourth-order valence-corrected chi connectivity index (χ4v) is 5.34. The van der Waals surface area contributed by atoms with Crippen LogP contribution in [0.1, 0.15) is 37.6 Å². The Labute approximate surface area is 181 Å². The molecule has 3 heterocycles. The van der Waals surface area contributed by atoms with Gasteiger partial charge in [0.1, 0.15) is 17.2 Å². The molecule has 0 bridgehead atoms. The third-order valence-electron chi connectivity index (χ3n) is 6.09. The molecular weight excluding hydrogens is 423 g/mol. The van der Waals surface area contributed by atoms with E-state index in [-0.39, 0.29) is 5.75 Å². The molecule has 1 N–H and O–H groups in total. The first-order valence-corrected chi connectivity index (χ1v) is 10.8. The van der Waals surface area contributed by atoms with E-state index in [1.165, 1.54) is 23.5 Å². The summed E-state index contributed by atoms with van der Waals surface area (Å²) in [5, 5.41) is 15.2. The quantitative estimate of drug-likeness (QED) is 0.390. The highest BCUT2D eigenvalue weighted by molar-refractivity contribution is 7.08. The van der Waals surface area contributed by atoms with Gasteiger partial charge in [-0.15, -0.1) is 0 Å². The predicted octanol–water partition coefficient (Wildman–Crippen LogP) is 6.39. The van der Waals surface area contributed by atoms with Crippen molar-refractivity contribution in [3.05, 3.63) is 81.4 Å². The van der Waals surface area contributed by atoms with E-state index >= 15 is 0 Å². The number of hydrogen-bond acceptors (Lipinski definition) is 3. The van der Waals surface area contributed by atoms with Crippen molar-refractivity contribution in [1.82, 2.24) is 4.57 Å². The van der Waals surface area contributed by atoms with Crippen LogP contribution in [0, 0.1) is 17.5 Å². The van der Waals surface area contributed by atoms with Crippen molar-refractivity contribution in [3.63, 3.8) is 0 Å². The molecule has 0 saturated heterocycles.